The number of rotatable bonds is 3. The Morgan fingerprint density at radius 2 is 1.95 bits per heavy atom. The van der Waals surface area contributed by atoms with Crippen molar-refractivity contribution in [2.45, 2.75) is 13.8 Å². The number of nitrogens with zero attached hydrogens (tertiary/aromatic N) is 5. The fraction of sp³-hybridized carbons (Fsp3) is 0.143. The number of anilines is 1. The molecular weight excluding hydrogens is 268 g/mol. The Morgan fingerprint density at radius 3 is 2.67 bits per heavy atom. The standard InChI is InChI=1S/C14H14N6O/c1-9-3-4-11(7-10(9)2)21-14-18-12(15)17-13(19-14)20-6-5-16-8-20/h3-8H,1-2H3,(H2,15,17,18,19). The number of aryl methyl sites for hydroxylation is 2. The minimum atomic E-state index is 0.0903. The van der Waals surface area contributed by atoms with Gasteiger partial charge < -0.3 is 10.5 Å². The topological polar surface area (TPSA) is 91.7 Å². The molecule has 0 saturated carbocycles. The molecule has 0 atom stereocenters. The fourth-order valence-electron chi connectivity index (χ4n) is 1.78. The van der Waals surface area contributed by atoms with Gasteiger partial charge in [0.1, 0.15) is 12.1 Å². The molecule has 3 aromatic rings. The summed E-state index contributed by atoms with van der Waals surface area (Å²) in [7, 11) is 0. The van der Waals surface area contributed by atoms with Crippen molar-refractivity contribution in [2.24, 2.45) is 0 Å². The zero-order valence-electron chi connectivity index (χ0n) is 11.7. The third kappa shape index (κ3) is 2.81. The predicted octanol–water partition coefficient (Wildman–Crippen LogP) is 2.05. The summed E-state index contributed by atoms with van der Waals surface area (Å²) in [6, 6.07) is 5.91. The number of nitrogens with two attached hydrogens (primary N) is 1. The van der Waals surface area contributed by atoms with Gasteiger partial charge in [0, 0.05) is 12.4 Å². The Hall–Kier alpha value is -2.96. The van der Waals surface area contributed by atoms with Crippen LogP contribution in [0.15, 0.2) is 36.9 Å². The zero-order valence-corrected chi connectivity index (χ0v) is 11.7. The van der Waals surface area contributed by atoms with Crippen LogP contribution in [0.5, 0.6) is 11.8 Å². The van der Waals surface area contributed by atoms with Crippen LogP contribution in [0.2, 0.25) is 0 Å². The summed E-state index contributed by atoms with van der Waals surface area (Å²) in [5.74, 6) is 1.10. The second-order valence-corrected chi connectivity index (χ2v) is 4.59. The number of ether oxygens (including phenoxy) is 1. The lowest BCUT2D eigenvalue weighted by atomic mass is 10.1. The lowest BCUT2D eigenvalue weighted by Crippen LogP contribution is -2.06. The molecule has 7 nitrogen and oxygen atoms in total. The highest BCUT2D eigenvalue weighted by molar-refractivity contribution is 5.36. The fourth-order valence-corrected chi connectivity index (χ4v) is 1.78. The average molecular weight is 282 g/mol. The maximum atomic E-state index is 5.70. The van der Waals surface area contributed by atoms with Crippen LogP contribution in [0.4, 0.5) is 5.95 Å². The molecule has 3 rings (SSSR count). The average Bonchev–Trinajstić information content (AvgIpc) is 2.96. The van der Waals surface area contributed by atoms with Crippen LogP contribution < -0.4 is 10.5 Å². The molecule has 1 aromatic carbocycles. The number of imidazole rings is 1. The molecule has 2 heterocycles. The van der Waals surface area contributed by atoms with Gasteiger partial charge in [-0.05, 0) is 37.1 Å². The van der Waals surface area contributed by atoms with Crippen molar-refractivity contribution in [1.82, 2.24) is 24.5 Å². The second kappa shape index (κ2) is 5.20. The van der Waals surface area contributed by atoms with Gasteiger partial charge >= 0.3 is 6.01 Å². The van der Waals surface area contributed by atoms with E-state index in [9.17, 15) is 0 Å². The lowest BCUT2D eigenvalue weighted by Gasteiger charge is -2.08. The lowest BCUT2D eigenvalue weighted by molar-refractivity contribution is 0.439. The Labute approximate surface area is 121 Å². The van der Waals surface area contributed by atoms with Gasteiger partial charge in [-0.3, -0.25) is 4.57 Å². The monoisotopic (exact) mass is 282 g/mol. The molecule has 0 spiro atoms. The summed E-state index contributed by atoms with van der Waals surface area (Å²) < 4.78 is 7.29. The number of hydrogen-bond donors (Lipinski definition) is 1. The molecular formula is C14H14N6O. The van der Waals surface area contributed by atoms with Crippen molar-refractivity contribution in [3.8, 4) is 17.7 Å². The largest absolute Gasteiger partial charge is 0.424 e. The van der Waals surface area contributed by atoms with Crippen LogP contribution in [0.25, 0.3) is 5.95 Å². The molecule has 0 amide bonds. The molecule has 0 aliphatic heterocycles. The van der Waals surface area contributed by atoms with Crippen molar-refractivity contribution >= 4 is 5.95 Å². The third-order valence-electron chi connectivity index (χ3n) is 3.04. The quantitative estimate of drug-likeness (QED) is 0.790. The van der Waals surface area contributed by atoms with Crippen LogP contribution in [0, 0.1) is 13.8 Å². The molecule has 21 heavy (non-hydrogen) atoms. The number of benzene rings is 1. The maximum absolute atomic E-state index is 5.70. The maximum Gasteiger partial charge on any atom is 0.328 e. The molecule has 0 aliphatic rings. The predicted molar refractivity (Wildman–Crippen MR) is 77.4 cm³/mol. The molecule has 7 heteroatoms. The van der Waals surface area contributed by atoms with Crippen molar-refractivity contribution in [3.05, 3.63) is 48.0 Å². The minimum absolute atomic E-state index is 0.0903. The van der Waals surface area contributed by atoms with Gasteiger partial charge in [0.2, 0.25) is 11.9 Å². The highest BCUT2D eigenvalue weighted by Gasteiger charge is 2.08. The molecule has 2 N–H and O–H groups in total. The van der Waals surface area contributed by atoms with E-state index in [0.29, 0.717) is 11.7 Å². The van der Waals surface area contributed by atoms with Gasteiger partial charge in [-0.2, -0.15) is 15.0 Å². The van der Waals surface area contributed by atoms with E-state index in [-0.39, 0.29) is 12.0 Å². The van der Waals surface area contributed by atoms with Crippen LogP contribution in [0.1, 0.15) is 11.1 Å². The molecule has 0 aliphatic carbocycles. The van der Waals surface area contributed by atoms with Gasteiger partial charge in [0.05, 0.1) is 0 Å². The molecule has 0 radical (unpaired) electrons. The van der Waals surface area contributed by atoms with Crippen LogP contribution in [-0.2, 0) is 0 Å². The highest BCUT2D eigenvalue weighted by Crippen LogP contribution is 2.21. The molecule has 2 aromatic heterocycles. The van der Waals surface area contributed by atoms with Crippen molar-refractivity contribution in [2.75, 3.05) is 5.73 Å². The van der Waals surface area contributed by atoms with Gasteiger partial charge in [-0.1, -0.05) is 6.07 Å². The first-order valence-electron chi connectivity index (χ1n) is 6.37. The minimum Gasteiger partial charge on any atom is -0.424 e. The van der Waals surface area contributed by atoms with Gasteiger partial charge in [-0.25, -0.2) is 4.98 Å². The molecule has 0 unspecified atom stereocenters. The Kier molecular flexibility index (Phi) is 3.23. The Balaban J connectivity index is 1.93. The van der Waals surface area contributed by atoms with E-state index >= 15 is 0 Å². The molecule has 106 valence electrons. The highest BCUT2D eigenvalue weighted by atomic mass is 16.5. The molecule has 0 saturated heterocycles. The van der Waals surface area contributed by atoms with E-state index in [1.807, 2.05) is 32.0 Å². The molecule has 0 bridgehead atoms. The Morgan fingerprint density at radius 1 is 1.10 bits per heavy atom. The summed E-state index contributed by atoms with van der Waals surface area (Å²) in [6.45, 7) is 4.05. The smallest absolute Gasteiger partial charge is 0.328 e. The summed E-state index contributed by atoms with van der Waals surface area (Å²) in [5.41, 5.74) is 8.02. The Bertz CT molecular complexity index is 769. The van der Waals surface area contributed by atoms with Crippen molar-refractivity contribution in [1.29, 1.82) is 0 Å². The first-order chi connectivity index (χ1) is 10.1. The summed E-state index contributed by atoms with van der Waals surface area (Å²) in [5, 5.41) is 0. The van der Waals surface area contributed by atoms with Crippen molar-refractivity contribution in [3.63, 3.8) is 0 Å². The van der Waals surface area contributed by atoms with Gasteiger partial charge in [0.25, 0.3) is 0 Å². The summed E-state index contributed by atoms with van der Waals surface area (Å²) in [6.07, 6.45) is 4.92. The summed E-state index contributed by atoms with van der Waals surface area (Å²) >= 11 is 0. The van der Waals surface area contributed by atoms with E-state index in [2.05, 4.69) is 19.9 Å². The van der Waals surface area contributed by atoms with E-state index in [1.165, 1.54) is 5.56 Å². The van der Waals surface area contributed by atoms with E-state index in [4.69, 9.17) is 10.5 Å². The first-order valence-corrected chi connectivity index (χ1v) is 6.37. The zero-order chi connectivity index (χ0) is 14.8. The number of hydrogen-bond acceptors (Lipinski definition) is 6. The van der Waals surface area contributed by atoms with Crippen LogP contribution in [-0.4, -0.2) is 24.5 Å². The third-order valence-corrected chi connectivity index (χ3v) is 3.04. The van der Waals surface area contributed by atoms with E-state index < -0.39 is 0 Å². The SMILES string of the molecule is Cc1ccc(Oc2nc(N)nc(-n3ccnc3)n2)cc1C. The van der Waals surface area contributed by atoms with Gasteiger partial charge in [0.15, 0.2) is 0 Å². The number of nitrogen functional groups attached to an aromatic ring is 1. The number of aromatic nitrogens is 5. The first kappa shape index (κ1) is 13.0. The molecule has 0 fully saturated rings. The van der Waals surface area contributed by atoms with Crippen LogP contribution >= 0.6 is 0 Å². The normalized spacial score (nSPS) is 10.6. The van der Waals surface area contributed by atoms with E-state index in [1.54, 1.807) is 23.3 Å². The van der Waals surface area contributed by atoms with E-state index in [0.717, 1.165) is 5.56 Å². The second-order valence-electron chi connectivity index (χ2n) is 4.59. The van der Waals surface area contributed by atoms with Crippen molar-refractivity contribution < 1.29 is 4.74 Å². The van der Waals surface area contributed by atoms with Crippen LogP contribution in [0.3, 0.4) is 0 Å². The van der Waals surface area contributed by atoms with Gasteiger partial charge in [-0.15, -0.1) is 0 Å². The summed E-state index contributed by atoms with van der Waals surface area (Å²) in [4.78, 5) is 16.2.